The van der Waals surface area contributed by atoms with Crippen molar-refractivity contribution in [2.75, 3.05) is 13.7 Å². The maximum absolute atomic E-state index is 11.4. The lowest BCUT2D eigenvalue weighted by Gasteiger charge is -2.16. The van der Waals surface area contributed by atoms with Gasteiger partial charge in [0.1, 0.15) is 5.75 Å². The Morgan fingerprint density at radius 2 is 2.12 bits per heavy atom. The van der Waals surface area contributed by atoms with Crippen molar-refractivity contribution in [2.45, 2.75) is 19.4 Å². The second-order valence-corrected chi connectivity index (χ2v) is 3.57. The van der Waals surface area contributed by atoms with Crippen LogP contribution in [0.25, 0.3) is 0 Å². The summed E-state index contributed by atoms with van der Waals surface area (Å²) in [6.45, 7) is 2.29. The van der Waals surface area contributed by atoms with Gasteiger partial charge in [0.2, 0.25) is 5.91 Å². The SMILES string of the molecule is COc1ccccc1C(C)NC(=O)CCN.Cl. The number of carbonyl (C=O) groups is 1. The lowest BCUT2D eigenvalue weighted by molar-refractivity contribution is -0.121. The first-order chi connectivity index (χ1) is 7.69. The molecule has 0 fully saturated rings. The van der Waals surface area contributed by atoms with Crippen LogP contribution < -0.4 is 15.8 Å². The maximum Gasteiger partial charge on any atom is 0.221 e. The van der Waals surface area contributed by atoms with Crippen LogP contribution in [0.15, 0.2) is 24.3 Å². The van der Waals surface area contributed by atoms with E-state index < -0.39 is 0 Å². The fraction of sp³-hybridized carbons (Fsp3) is 0.417. The number of methoxy groups -OCH3 is 1. The summed E-state index contributed by atoms with van der Waals surface area (Å²) in [4.78, 5) is 11.4. The quantitative estimate of drug-likeness (QED) is 0.844. The number of halogens is 1. The highest BCUT2D eigenvalue weighted by Crippen LogP contribution is 2.24. The minimum atomic E-state index is -0.0739. The van der Waals surface area contributed by atoms with Crippen molar-refractivity contribution in [2.24, 2.45) is 5.73 Å². The molecule has 4 nitrogen and oxygen atoms in total. The summed E-state index contributed by atoms with van der Waals surface area (Å²) in [5, 5.41) is 2.87. The first-order valence-corrected chi connectivity index (χ1v) is 5.31. The van der Waals surface area contributed by atoms with Crippen LogP contribution in [0, 0.1) is 0 Å². The normalized spacial score (nSPS) is 11.2. The number of hydrogen-bond donors (Lipinski definition) is 2. The molecule has 1 atom stereocenters. The van der Waals surface area contributed by atoms with Crippen LogP contribution >= 0.6 is 12.4 Å². The van der Waals surface area contributed by atoms with Gasteiger partial charge in [-0.1, -0.05) is 18.2 Å². The molecule has 0 radical (unpaired) electrons. The molecular weight excluding hydrogens is 240 g/mol. The molecule has 96 valence electrons. The fourth-order valence-corrected chi connectivity index (χ4v) is 1.55. The van der Waals surface area contributed by atoms with Gasteiger partial charge < -0.3 is 15.8 Å². The van der Waals surface area contributed by atoms with Gasteiger partial charge in [0.15, 0.2) is 0 Å². The molecule has 1 aromatic rings. The molecule has 0 aliphatic rings. The van der Waals surface area contributed by atoms with Gasteiger partial charge in [-0.25, -0.2) is 0 Å². The van der Waals surface area contributed by atoms with Crippen molar-refractivity contribution in [3.05, 3.63) is 29.8 Å². The topological polar surface area (TPSA) is 64.3 Å². The minimum Gasteiger partial charge on any atom is -0.496 e. The molecule has 1 rings (SSSR count). The molecule has 1 unspecified atom stereocenters. The van der Waals surface area contributed by atoms with E-state index in [-0.39, 0.29) is 24.4 Å². The van der Waals surface area contributed by atoms with Gasteiger partial charge in [0.25, 0.3) is 0 Å². The lowest BCUT2D eigenvalue weighted by Crippen LogP contribution is -2.28. The van der Waals surface area contributed by atoms with E-state index in [0.717, 1.165) is 11.3 Å². The molecule has 1 aromatic carbocycles. The molecule has 0 bridgehead atoms. The van der Waals surface area contributed by atoms with E-state index in [2.05, 4.69) is 5.32 Å². The van der Waals surface area contributed by atoms with Crippen molar-refractivity contribution < 1.29 is 9.53 Å². The van der Waals surface area contributed by atoms with Gasteiger partial charge in [-0.2, -0.15) is 0 Å². The smallest absolute Gasteiger partial charge is 0.221 e. The number of nitrogens with one attached hydrogen (secondary N) is 1. The minimum absolute atomic E-state index is 0. The van der Waals surface area contributed by atoms with Gasteiger partial charge in [-0.3, -0.25) is 4.79 Å². The zero-order valence-corrected chi connectivity index (χ0v) is 10.9. The number of benzene rings is 1. The molecular formula is C12H19ClN2O2. The monoisotopic (exact) mass is 258 g/mol. The Kier molecular flexibility index (Phi) is 7.34. The molecule has 0 saturated carbocycles. The van der Waals surface area contributed by atoms with Crippen LogP contribution in [0.5, 0.6) is 5.75 Å². The second-order valence-electron chi connectivity index (χ2n) is 3.57. The number of nitrogens with two attached hydrogens (primary N) is 1. The standard InChI is InChI=1S/C12H18N2O2.ClH/c1-9(14-12(15)7-8-13)10-5-3-4-6-11(10)16-2;/h3-6,9H,7-8,13H2,1-2H3,(H,14,15);1H. The highest BCUT2D eigenvalue weighted by Gasteiger charge is 2.12. The first-order valence-electron chi connectivity index (χ1n) is 5.31. The number of amides is 1. The molecule has 0 heterocycles. The van der Waals surface area contributed by atoms with Crippen LogP contribution in [0.4, 0.5) is 0 Å². The van der Waals surface area contributed by atoms with Crippen LogP contribution in [-0.2, 0) is 4.79 Å². The van der Waals surface area contributed by atoms with E-state index in [9.17, 15) is 4.79 Å². The second kappa shape index (κ2) is 7.92. The van der Waals surface area contributed by atoms with Crippen LogP contribution in [0.3, 0.4) is 0 Å². The van der Waals surface area contributed by atoms with E-state index in [1.54, 1.807) is 7.11 Å². The highest BCUT2D eigenvalue weighted by atomic mass is 35.5. The molecule has 1 amide bonds. The lowest BCUT2D eigenvalue weighted by atomic mass is 10.1. The Balaban J connectivity index is 0.00000256. The Bertz CT molecular complexity index is 358. The molecule has 17 heavy (non-hydrogen) atoms. The third-order valence-corrected chi connectivity index (χ3v) is 2.35. The largest absolute Gasteiger partial charge is 0.496 e. The first kappa shape index (κ1) is 15.7. The van der Waals surface area contributed by atoms with E-state index in [1.165, 1.54) is 0 Å². The van der Waals surface area contributed by atoms with E-state index in [1.807, 2.05) is 31.2 Å². The summed E-state index contributed by atoms with van der Waals surface area (Å²) >= 11 is 0. The maximum atomic E-state index is 11.4. The predicted octanol–water partition coefficient (Wildman–Crippen LogP) is 1.64. The van der Waals surface area contributed by atoms with Gasteiger partial charge >= 0.3 is 0 Å². The number of ether oxygens (including phenoxy) is 1. The van der Waals surface area contributed by atoms with Gasteiger partial charge in [0, 0.05) is 18.5 Å². The van der Waals surface area contributed by atoms with E-state index in [0.29, 0.717) is 13.0 Å². The molecule has 3 N–H and O–H groups in total. The Morgan fingerprint density at radius 1 is 1.47 bits per heavy atom. The summed E-state index contributed by atoms with van der Waals surface area (Å²) in [7, 11) is 1.62. The Hall–Kier alpha value is -1.26. The predicted molar refractivity (Wildman–Crippen MR) is 70.5 cm³/mol. The molecule has 0 aromatic heterocycles. The number of carbonyl (C=O) groups excluding carboxylic acids is 1. The summed E-state index contributed by atoms with van der Waals surface area (Å²) in [5.74, 6) is 0.740. The molecule has 0 aliphatic carbocycles. The molecule has 0 spiro atoms. The summed E-state index contributed by atoms with van der Waals surface area (Å²) in [6, 6.07) is 7.56. The number of rotatable bonds is 5. The average molecular weight is 259 g/mol. The fourth-order valence-electron chi connectivity index (χ4n) is 1.55. The molecule has 0 aliphatic heterocycles. The molecule has 0 saturated heterocycles. The Morgan fingerprint density at radius 3 is 2.71 bits per heavy atom. The van der Waals surface area contributed by atoms with Crippen LogP contribution in [-0.4, -0.2) is 19.6 Å². The van der Waals surface area contributed by atoms with Crippen molar-refractivity contribution in [1.29, 1.82) is 0 Å². The van der Waals surface area contributed by atoms with Gasteiger partial charge in [0.05, 0.1) is 13.2 Å². The van der Waals surface area contributed by atoms with Crippen molar-refractivity contribution >= 4 is 18.3 Å². The van der Waals surface area contributed by atoms with E-state index >= 15 is 0 Å². The zero-order valence-electron chi connectivity index (χ0n) is 10.1. The molecule has 5 heteroatoms. The van der Waals surface area contributed by atoms with Crippen LogP contribution in [0.1, 0.15) is 24.9 Å². The number of hydrogen-bond acceptors (Lipinski definition) is 3. The van der Waals surface area contributed by atoms with Gasteiger partial charge in [-0.15, -0.1) is 12.4 Å². The number of para-hydroxylation sites is 1. The van der Waals surface area contributed by atoms with Crippen molar-refractivity contribution in [3.63, 3.8) is 0 Å². The summed E-state index contributed by atoms with van der Waals surface area (Å²) in [5.41, 5.74) is 6.28. The summed E-state index contributed by atoms with van der Waals surface area (Å²) in [6.07, 6.45) is 0.347. The third-order valence-electron chi connectivity index (χ3n) is 2.35. The Labute approximate surface area is 108 Å². The van der Waals surface area contributed by atoms with Crippen molar-refractivity contribution in [3.8, 4) is 5.75 Å². The van der Waals surface area contributed by atoms with E-state index in [4.69, 9.17) is 10.5 Å². The third kappa shape index (κ3) is 4.63. The zero-order chi connectivity index (χ0) is 12.0. The van der Waals surface area contributed by atoms with Gasteiger partial charge in [-0.05, 0) is 13.0 Å². The summed E-state index contributed by atoms with van der Waals surface area (Å²) < 4.78 is 5.23. The average Bonchev–Trinajstić information content (AvgIpc) is 2.29. The highest BCUT2D eigenvalue weighted by molar-refractivity contribution is 5.85. The van der Waals surface area contributed by atoms with Crippen LogP contribution in [0.2, 0.25) is 0 Å². The van der Waals surface area contributed by atoms with Crippen molar-refractivity contribution in [1.82, 2.24) is 5.32 Å².